The smallest absolute Gasteiger partial charge is 0.305 e. The molecule has 1 N–H and O–H groups in total. The van der Waals surface area contributed by atoms with Crippen molar-refractivity contribution in [1.29, 1.82) is 0 Å². The van der Waals surface area contributed by atoms with Crippen LogP contribution < -0.4 is 5.32 Å². The van der Waals surface area contributed by atoms with Crippen molar-refractivity contribution >= 4 is 11.9 Å². The first-order valence-corrected chi connectivity index (χ1v) is 8.43. The summed E-state index contributed by atoms with van der Waals surface area (Å²) in [6.45, 7) is 10.7. The lowest BCUT2D eigenvalue weighted by atomic mass is 9.95. The van der Waals surface area contributed by atoms with E-state index in [2.05, 4.69) is 11.9 Å². The number of rotatable bonds is 6. The molecule has 0 aromatic heterocycles. The van der Waals surface area contributed by atoms with Crippen LogP contribution in [0.1, 0.15) is 34.1 Å². The van der Waals surface area contributed by atoms with Crippen LogP contribution in [0, 0.1) is 0 Å². The fourth-order valence-corrected chi connectivity index (χ4v) is 2.89. The lowest BCUT2D eigenvalue weighted by Crippen LogP contribution is -2.69. The predicted octanol–water partition coefficient (Wildman–Crippen LogP) is 0.892. The van der Waals surface area contributed by atoms with Crippen molar-refractivity contribution in [2.75, 3.05) is 13.2 Å². The molecule has 2 saturated heterocycles. The third-order valence-corrected chi connectivity index (χ3v) is 3.97. The van der Waals surface area contributed by atoms with Gasteiger partial charge >= 0.3 is 5.97 Å². The molecule has 0 bridgehead atoms. The lowest BCUT2D eigenvalue weighted by molar-refractivity contribution is -0.368. The predicted molar refractivity (Wildman–Crippen MR) is 87.5 cm³/mol. The van der Waals surface area contributed by atoms with Crippen molar-refractivity contribution in [2.24, 2.45) is 0 Å². The molecule has 142 valence electrons. The Morgan fingerprint density at radius 2 is 2.12 bits per heavy atom. The van der Waals surface area contributed by atoms with E-state index in [9.17, 15) is 9.59 Å². The minimum atomic E-state index is -0.850. The van der Waals surface area contributed by atoms with Crippen LogP contribution in [0.2, 0.25) is 0 Å². The van der Waals surface area contributed by atoms with E-state index in [1.54, 1.807) is 26.8 Å². The highest BCUT2D eigenvalue weighted by Gasteiger charge is 2.53. The normalized spacial score (nSPS) is 33.8. The highest BCUT2D eigenvalue weighted by atomic mass is 16.8. The Labute approximate surface area is 147 Å². The van der Waals surface area contributed by atoms with Gasteiger partial charge in [0.05, 0.1) is 13.2 Å². The average Bonchev–Trinajstić information content (AvgIpc) is 2.54. The molecule has 0 unspecified atom stereocenters. The molecule has 5 atom stereocenters. The highest BCUT2D eigenvalue weighted by molar-refractivity contribution is 5.73. The van der Waals surface area contributed by atoms with Crippen LogP contribution in [0.5, 0.6) is 0 Å². The molecule has 2 aliphatic heterocycles. The Balaban J connectivity index is 2.30. The third-order valence-electron chi connectivity index (χ3n) is 3.97. The number of esters is 1. The van der Waals surface area contributed by atoms with E-state index >= 15 is 0 Å². The number of fused-ring (bicyclic) bond motifs is 1. The standard InChI is InChI=1S/C17H27NO7/c1-6-8-21-16-13(18-10(3)19)15(24-12(20)7-2)14-11(23-16)9-22-17(4,5)25-14/h6,11,13-16H,1,7-9H2,2-5H3,(H,18,19)/t11-,13-,14+,15-,16+/m1/s1. The molecule has 0 spiro atoms. The molecule has 8 heteroatoms. The van der Waals surface area contributed by atoms with E-state index in [4.69, 9.17) is 23.7 Å². The summed E-state index contributed by atoms with van der Waals surface area (Å²) in [5, 5.41) is 2.76. The number of hydrogen-bond donors (Lipinski definition) is 1. The molecule has 2 fully saturated rings. The first-order valence-electron chi connectivity index (χ1n) is 8.43. The van der Waals surface area contributed by atoms with E-state index in [-0.39, 0.29) is 25.5 Å². The van der Waals surface area contributed by atoms with Crippen LogP contribution in [0.4, 0.5) is 0 Å². The minimum Gasteiger partial charge on any atom is -0.457 e. The van der Waals surface area contributed by atoms with Crippen molar-refractivity contribution in [1.82, 2.24) is 5.32 Å². The maximum Gasteiger partial charge on any atom is 0.305 e. The van der Waals surface area contributed by atoms with Crippen molar-refractivity contribution < 1.29 is 33.3 Å². The molecular weight excluding hydrogens is 330 g/mol. The summed E-state index contributed by atoms with van der Waals surface area (Å²) in [7, 11) is 0. The Kier molecular flexibility index (Phi) is 6.56. The zero-order valence-electron chi connectivity index (χ0n) is 15.2. The van der Waals surface area contributed by atoms with Gasteiger partial charge in [0.15, 0.2) is 18.2 Å². The zero-order chi connectivity index (χ0) is 18.6. The maximum absolute atomic E-state index is 11.9. The Hall–Kier alpha value is -1.48. The molecule has 2 aliphatic rings. The summed E-state index contributed by atoms with van der Waals surface area (Å²) in [5.74, 6) is -1.53. The SMILES string of the molecule is C=CCO[C@H]1O[C@@H]2COC(C)(C)O[C@@H]2[C@H](OC(=O)CC)[C@H]1NC(C)=O. The van der Waals surface area contributed by atoms with Gasteiger partial charge in [-0.1, -0.05) is 13.0 Å². The summed E-state index contributed by atoms with van der Waals surface area (Å²) in [6, 6.07) is -0.705. The van der Waals surface area contributed by atoms with E-state index < -0.39 is 42.4 Å². The van der Waals surface area contributed by atoms with E-state index in [0.29, 0.717) is 0 Å². The van der Waals surface area contributed by atoms with Crippen molar-refractivity contribution in [3.05, 3.63) is 12.7 Å². The molecule has 2 heterocycles. The summed E-state index contributed by atoms with van der Waals surface area (Å²) in [4.78, 5) is 23.6. The second-order valence-corrected chi connectivity index (χ2v) is 6.49. The van der Waals surface area contributed by atoms with Gasteiger partial charge < -0.3 is 29.0 Å². The average molecular weight is 357 g/mol. The molecule has 8 nitrogen and oxygen atoms in total. The van der Waals surface area contributed by atoms with E-state index in [1.165, 1.54) is 6.92 Å². The topological polar surface area (TPSA) is 92.3 Å². The first kappa shape index (κ1) is 19.8. The van der Waals surface area contributed by atoms with Gasteiger partial charge in [-0.3, -0.25) is 9.59 Å². The van der Waals surface area contributed by atoms with Gasteiger partial charge in [-0.05, 0) is 13.8 Å². The van der Waals surface area contributed by atoms with Crippen molar-refractivity contribution in [2.45, 2.75) is 70.5 Å². The zero-order valence-corrected chi connectivity index (χ0v) is 15.2. The molecular formula is C17H27NO7. The Bertz CT molecular complexity index is 507. The quantitative estimate of drug-likeness (QED) is 0.557. The van der Waals surface area contributed by atoms with Crippen LogP contribution in [-0.4, -0.2) is 61.5 Å². The lowest BCUT2D eigenvalue weighted by Gasteiger charge is -2.50. The van der Waals surface area contributed by atoms with Gasteiger partial charge in [0, 0.05) is 13.3 Å². The van der Waals surface area contributed by atoms with Gasteiger partial charge in [-0.25, -0.2) is 0 Å². The van der Waals surface area contributed by atoms with Gasteiger partial charge in [0.2, 0.25) is 5.91 Å². The molecule has 25 heavy (non-hydrogen) atoms. The van der Waals surface area contributed by atoms with Crippen molar-refractivity contribution in [3.8, 4) is 0 Å². The van der Waals surface area contributed by atoms with E-state index in [0.717, 1.165) is 0 Å². The summed E-state index contributed by atoms with van der Waals surface area (Å²) in [5.41, 5.74) is 0. The summed E-state index contributed by atoms with van der Waals surface area (Å²) >= 11 is 0. The number of nitrogens with one attached hydrogen (secondary N) is 1. The Morgan fingerprint density at radius 3 is 2.72 bits per heavy atom. The second-order valence-electron chi connectivity index (χ2n) is 6.49. The molecule has 1 amide bonds. The number of carbonyl (C=O) groups excluding carboxylic acids is 2. The number of amides is 1. The molecule has 0 aliphatic carbocycles. The fourth-order valence-electron chi connectivity index (χ4n) is 2.89. The van der Waals surface area contributed by atoms with Crippen LogP contribution in [0.15, 0.2) is 12.7 Å². The molecule has 0 aromatic carbocycles. The van der Waals surface area contributed by atoms with Crippen molar-refractivity contribution in [3.63, 3.8) is 0 Å². The number of hydrogen-bond acceptors (Lipinski definition) is 7. The molecule has 0 radical (unpaired) electrons. The van der Waals surface area contributed by atoms with Gasteiger partial charge in [-0.15, -0.1) is 6.58 Å². The van der Waals surface area contributed by atoms with Gasteiger partial charge in [0.25, 0.3) is 0 Å². The maximum atomic E-state index is 11.9. The third kappa shape index (κ3) is 5.01. The second kappa shape index (κ2) is 8.27. The van der Waals surface area contributed by atoms with Crippen LogP contribution >= 0.6 is 0 Å². The van der Waals surface area contributed by atoms with E-state index in [1.807, 2.05) is 0 Å². The summed E-state index contributed by atoms with van der Waals surface area (Å²) in [6.07, 6.45) is -0.856. The monoisotopic (exact) mass is 357 g/mol. The van der Waals surface area contributed by atoms with Crippen LogP contribution in [0.3, 0.4) is 0 Å². The van der Waals surface area contributed by atoms with Crippen LogP contribution in [0.25, 0.3) is 0 Å². The van der Waals surface area contributed by atoms with Gasteiger partial charge in [-0.2, -0.15) is 0 Å². The first-order chi connectivity index (χ1) is 11.8. The fraction of sp³-hybridized carbons (Fsp3) is 0.765. The Morgan fingerprint density at radius 1 is 1.40 bits per heavy atom. The summed E-state index contributed by atoms with van der Waals surface area (Å²) < 4.78 is 28.7. The minimum absolute atomic E-state index is 0.208. The van der Waals surface area contributed by atoms with Gasteiger partial charge in [0.1, 0.15) is 18.2 Å². The molecule has 0 saturated carbocycles. The highest BCUT2D eigenvalue weighted by Crippen LogP contribution is 2.34. The molecule has 2 rings (SSSR count). The number of carbonyl (C=O) groups is 2. The van der Waals surface area contributed by atoms with Crippen LogP contribution in [-0.2, 0) is 33.3 Å². The largest absolute Gasteiger partial charge is 0.457 e. The number of ether oxygens (including phenoxy) is 5. The molecule has 0 aromatic rings.